The van der Waals surface area contributed by atoms with E-state index < -0.39 is 56.9 Å². The first-order chi connectivity index (χ1) is 22.2. The van der Waals surface area contributed by atoms with Gasteiger partial charge in [-0.15, -0.1) is 0 Å². The Kier molecular flexibility index (Phi) is 11.6. The molecule has 0 aliphatic heterocycles. The van der Waals surface area contributed by atoms with E-state index in [1.165, 1.54) is 29.2 Å². The minimum Gasteiger partial charge on any atom is -0.352 e. The number of nitrogens with one attached hydrogen (secondary N) is 1. The van der Waals surface area contributed by atoms with Crippen molar-refractivity contribution in [1.29, 1.82) is 0 Å². The number of anilines is 1. The number of rotatable bonds is 12. The number of alkyl halides is 3. The minimum atomic E-state index is -4.91. The topological polar surface area (TPSA) is 86.8 Å². The van der Waals surface area contributed by atoms with Gasteiger partial charge in [0.15, 0.2) is 0 Å². The summed E-state index contributed by atoms with van der Waals surface area (Å²) in [5.41, 5.74) is -0.439. The number of carbonyl (C=O) groups is 2. The van der Waals surface area contributed by atoms with Crippen LogP contribution < -0.4 is 9.62 Å². The fourth-order valence-corrected chi connectivity index (χ4v) is 6.77. The minimum absolute atomic E-state index is 0.0658. The molecule has 7 nitrogen and oxygen atoms in total. The molecule has 0 bridgehead atoms. The van der Waals surface area contributed by atoms with Gasteiger partial charge in [0, 0.05) is 24.0 Å². The van der Waals surface area contributed by atoms with Crippen LogP contribution in [-0.2, 0) is 38.8 Å². The summed E-state index contributed by atoms with van der Waals surface area (Å²) in [4.78, 5) is 29.1. The Labute approximate surface area is 282 Å². The predicted molar refractivity (Wildman–Crippen MR) is 177 cm³/mol. The number of nitrogens with zero attached hydrogens (tertiary/aromatic N) is 2. The molecule has 0 heterocycles. The first-order valence-electron chi connectivity index (χ1n) is 14.5. The highest BCUT2D eigenvalue weighted by Gasteiger charge is 2.37. The van der Waals surface area contributed by atoms with Gasteiger partial charge in [-0.1, -0.05) is 83.9 Å². The van der Waals surface area contributed by atoms with Crippen molar-refractivity contribution in [3.05, 3.63) is 130 Å². The zero-order valence-corrected chi connectivity index (χ0v) is 27.7. The number of carbonyl (C=O) groups excluding carboxylic acids is 2. The van der Waals surface area contributed by atoms with Gasteiger partial charge in [0.1, 0.15) is 12.6 Å². The van der Waals surface area contributed by atoms with Gasteiger partial charge >= 0.3 is 6.18 Å². The zero-order valence-electron chi connectivity index (χ0n) is 25.4. The monoisotopic (exact) mass is 705 g/mol. The Morgan fingerprint density at radius 1 is 0.830 bits per heavy atom. The Balaban J connectivity index is 1.86. The van der Waals surface area contributed by atoms with E-state index in [1.54, 1.807) is 74.5 Å². The highest BCUT2D eigenvalue weighted by molar-refractivity contribution is 7.92. The Hall–Kier alpha value is -4.06. The standard InChI is InChI=1S/C34H32Cl2F3N3O4S/c1-23(2)40-33(44)31(19-24-10-5-3-6-11-24)41(21-25-12-9-13-26(35)18-25)32(43)22-42(47(45,46)28-14-7-4-8-15-28)27-16-17-30(36)29(20-27)34(37,38)39/h3-18,20,23,31H,19,21-22H2,1-2H3,(H,40,44). The molecule has 0 radical (unpaired) electrons. The van der Waals surface area contributed by atoms with E-state index in [1.807, 2.05) is 0 Å². The molecule has 1 atom stereocenters. The number of hydrogen-bond donors (Lipinski definition) is 1. The summed E-state index contributed by atoms with van der Waals surface area (Å²) < 4.78 is 70.3. The molecular weight excluding hydrogens is 674 g/mol. The van der Waals surface area contributed by atoms with Crippen molar-refractivity contribution in [2.45, 2.75) is 50.0 Å². The second-order valence-corrected chi connectivity index (χ2v) is 13.7. The molecule has 0 aliphatic carbocycles. The maximum Gasteiger partial charge on any atom is 0.417 e. The van der Waals surface area contributed by atoms with Crippen LogP contribution in [0.3, 0.4) is 0 Å². The fourth-order valence-electron chi connectivity index (χ4n) is 4.90. The molecule has 4 aromatic rings. The number of hydrogen-bond acceptors (Lipinski definition) is 4. The molecule has 4 rings (SSSR count). The summed E-state index contributed by atoms with van der Waals surface area (Å²) in [6, 6.07) is 23.7. The maximum atomic E-state index is 14.4. The van der Waals surface area contributed by atoms with Crippen molar-refractivity contribution in [3.63, 3.8) is 0 Å². The second-order valence-electron chi connectivity index (χ2n) is 11.0. The molecule has 47 heavy (non-hydrogen) atoms. The van der Waals surface area contributed by atoms with E-state index in [2.05, 4.69) is 5.32 Å². The van der Waals surface area contributed by atoms with Gasteiger partial charge in [-0.25, -0.2) is 8.42 Å². The number of benzene rings is 4. The summed E-state index contributed by atoms with van der Waals surface area (Å²) >= 11 is 12.1. The highest BCUT2D eigenvalue weighted by Crippen LogP contribution is 2.38. The summed E-state index contributed by atoms with van der Waals surface area (Å²) in [5, 5.41) is 2.57. The smallest absolute Gasteiger partial charge is 0.352 e. The van der Waals surface area contributed by atoms with E-state index in [4.69, 9.17) is 23.2 Å². The molecule has 0 saturated heterocycles. The predicted octanol–water partition coefficient (Wildman–Crippen LogP) is 7.37. The molecule has 0 aromatic heterocycles. The van der Waals surface area contributed by atoms with E-state index in [0.29, 0.717) is 21.0 Å². The van der Waals surface area contributed by atoms with Crippen LogP contribution in [0.25, 0.3) is 0 Å². The Morgan fingerprint density at radius 2 is 1.45 bits per heavy atom. The largest absolute Gasteiger partial charge is 0.417 e. The number of halogens is 5. The third kappa shape index (κ3) is 9.27. The summed E-state index contributed by atoms with van der Waals surface area (Å²) in [6.45, 7) is 2.42. The SMILES string of the molecule is CC(C)NC(=O)C(Cc1ccccc1)N(Cc1cccc(Cl)c1)C(=O)CN(c1ccc(Cl)c(C(F)(F)F)c1)S(=O)(=O)c1ccccc1. The highest BCUT2D eigenvalue weighted by atomic mass is 35.5. The van der Waals surface area contributed by atoms with E-state index in [9.17, 15) is 31.2 Å². The molecule has 2 amide bonds. The first kappa shape index (κ1) is 35.8. The molecular formula is C34H32Cl2F3N3O4S. The lowest BCUT2D eigenvalue weighted by Gasteiger charge is -2.34. The molecule has 1 N–H and O–H groups in total. The van der Waals surface area contributed by atoms with Crippen LogP contribution in [0.1, 0.15) is 30.5 Å². The average Bonchev–Trinajstić information content (AvgIpc) is 3.02. The molecule has 0 aliphatic rings. The molecule has 1 unspecified atom stereocenters. The fraction of sp³-hybridized carbons (Fsp3) is 0.235. The van der Waals surface area contributed by atoms with Crippen LogP contribution in [0, 0.1) is 0 Å². The second kappa shape index (κ2) is 15.2. The van der Waals surface area contributed by atoms with Crippen molar-refractivity contribution in [2.75, 3.05) is 10.8 Å². The third-order valence-corrected chi connectivity index (χ3v) is 9.45. The number of sulfonamides is 1. The van der Waals surface area contributed by atoms with Crippen molar-refractivity contribution in [2.24, 2.45) is 0 Å². The van der Waals surface area contributed by atoms with Gasteiger partial charge < -0.3 is 10.2 Å². The zero-order chi connectivity index (χ0) is 34.4. The first-order valence-corrected chi connectivity index (χ1v) is 16.7. The molecule has 248 valence electrons. The number of amides is 2. The molecule has 4 aromatic carbocycles. The van der Waals surface area contributed by atoms with Crippen LogP contribution in [0.15, 0.2) is 108 Å². The quantitative estimate of drug-likeness (QED) is 0.167. The van der Waals surface area contributed by atoms with Gasteiger partial charge in [0.05, 0.1) is 21.2 Å². The van der Waals surface area contributed by atoms with Crippen LogP contribution in [-0.4, -0.2) is 43.8 Å². The van der Waals surface area contributed by atoms with Gasteiger partial charge in [0.25, 0.3) is 10.0 Å². The summed E-state index contributed by atoms with van der Waals surface area (Å²) in [7, 11) is -4.61. The van der Waals surface area contributed by atoms with Gasteiger partial charge in [0.2, 0.25) is 11.8 Å². The van der Waals surface area contributed by atoms with E-state index in [-0.39, 0.29) is 23.9 Å². The lowest BCUT2D eigenvalue weighted by atomic mass is 10.0. The third-order valence-electron chi connectivity index (χ3n) is 7.10. The van der Waals surface area contributed by atoms with E-state index in [0.717, 1.165) is 17.7 Å². The van der Waals surface area contributed by atoms with Crippen LogP contribution in [0.4, 0.5) is 18.9 Å². The lowest BCUT2D eigenvalue weighted by molar-refractivity contribution is -0.140. The average molecular weight is 707 g/mol. The molecule has 0 spiro atoms. The van der Waals surface area contributed by atoms with Crippen molar-refractivity contribution in [1.82, 2.24) is 10.2 Å². The lowest BCUT2D eigenvalue weighted by Crippen LogP contribution is -2.54. The maximum absolute atomic E-state index is 14.4. The van der Waals surface area contributed by atoms with E-state index >= 15 is 0 Å². The molecule has 0 fully saturated rings. The van der Waals surface area contributed by atoms with Crippen LogP contribution in [0.2, 0.25) is 10.0 Å². The van der Waals surface area contributed by atoms with Crippen molar-refractivity contribution in [3.8, 4) is 0 Å². The van der Waals surface area contributed by atoms with Crippen molar-refractivity contribution >= 4 is 50.7 Å². The van der Waals surface area contributed by atoms with Gasteiger partial charge in [-0.3, -0.25) is 13.9 Å². The normalized spacial score (nSPS) is 12.4. The molecule has 0 saturated carbocycles. The van der Waals surface area contributed by atoms with Crippen LogP contribution >= 0.6 is 23.2 Å². The van der Waals surface area contributed by atoms with Crippen LogP contribution in [0.5, 0.6) is 0 Å². The van der Waals surface area contributed by atoms with Crippen molar-refractivity contribution < 1.29 is 31.2 Å². The Morgan fingerprint density at radius 3 is 2.04 bits per heavy atom. The van der Waals surface area contributed by atoms with Gasteiger partial charge in [-0.2, -0.15) is 13.2 Å². The van der Waals surface area contributed by atoms with Gasteiger partial charge in [-0.05, 0) is 67.4 Å². The Bertz CT molecular complexity index is 1810. The summed E-state index contributed by atoms with van der Waals surface area (Å²) in [5.74, 6) is -1.34. The molecule has 13 heteroatoms. The summed E-state index contributed by atoms with van der Waals surface area (Å²) in [6.07, 6.45) is -4.84.